The molecule has 6 nitrogen and oxygen atoms in total. The highest BCUT2D eigenvalue weighted by Crippen LogP contribution is 2.13. The highest BCUT2D eigenvalue weighted by molar-refractivity contribution is 5.67. The van der Waals surface area contributed by atoms with Crippen molar-refractivity contribution >= 4 is 6.09 Å². The number of ether oxygens (including phenoxy) is 2. The molecule has 0 bridgehead atoms. The zero-order valence-corrected chi connectivity index (χ0v) is 16.6. The second-order valence-electron chi connectivity index (χ2n) is 7.82. The molecule has 0 unspecified atom stereocenters. The van der Waals surface area contributed by atoms with Crippen molar-refractivity contribution < 1.29 is 14.3 Å². The average Bonchev–Trinajstić information content (AvgIpc) is 2.56. The third kappa shape index (κ3) is 8.06. The maximum absolute atomic E-state index is 11.6. The van der Waals surface area contributed by atoms with Crippen molar-refractivity contribution in [1.29, 1.82) is 0 Å². The first-order valence-corrected chi connectivity index (χ1v) is 9.41. The molecule has 0 atom stereocenters. The summed E-state index contributed by atoms with van der Waals surface area (Å²) in [6.07, 6.45) is 0.391. The summed E-state index contributed by atoms with van der Waals surface area (Å²) in [5.74, 6) is 0.892. The third-order valence-electron chi connectivity index (χ3n) is 4.28. The number of hydrogen-bond donors (Lipinski definition) is 1. The van der Waals surface area contributed by atoms with Gasteiger partial charge in [0.2, 0.25) is 0 Å². The smallest absolute Gasteiger partial charge is 0.407 e. The van der Waals surface area contributed by atoms with Crippen molar-refractivity contribution in [1.82, 2.24) is 15.1 Å². The molecule has 146 valence electrons. The highest BCUT2D eigenvalue weighted by atomic mass is 16.6. The highest BCUT2D eigenvalue weighted by Gasteiger charge is 2.15. The molecule has 0 radical (unpaired) electrons. The van der Waals surface area contributed by atoms with E-state index in [9.17, 15) is 4.79 Å². The number of carbonyl (C=O) groups excluding carboxylic acids is 1. The third-order valence-corrected chi connectivity index (χ3v) is 4.28. The van der Waals surface area contributed by atoms with Crippen molar-refractivity contribution in [3.8, 4) is 5.75 Å². The number of hydrogen-bond acceptors (Lipinski definition) is 5. The van der Waals surface area contributed by atoms with E-state index >= 15 is 0 Å². The normalized spacial score (nSPS) is 16.3. The second kappa shape index (κ2) is 9.78. The van der Waals surface area contributed by atoms with Crippen LogP contribution >= 0.6 is 0 Å². The van der Waals surface area contributed by atoms with Crippen molar-refractivity contribution in [3.05, 3.63) is 29.8 Å². The lowest BCUT2D eigenvalue weighted by atomic mass is 10.1. The lowest BCUT2D eigenvalue weighted by molar-refractivity contribution is 0.0528. The number of likely N-dealkylation sites (N-methyl/N-ethyl adjacent to an activating group) is 1. The van der Waals surface area contributed by atoms with Gasteiger partial charge in [0.1, 0.15) is 18.0 Å². The monoisotopic (exact) mass is 363 g/mol. The van der Waals surface area contributed by atoms with Crippen molar-refractivity contribution in [2.45, 2.75) is 32.8 Å². The van der Waals surface area contributed by atoms with Gasteiger partial charge in [-0.15, -0.1) is 0 Å². The topological polar surface area (TPSA) is 54.0 Å². The Hall–Kier alpha value is -1.79. The lowest BCUT2D eigenvalue weighted by Gasteiger charge is -2.32. The SMILES string of the molecule is CN1CCN(CCOc2ccc(CCNC(=O)OC(C)(C)C)cc2)CC1. The van der Waals surface area contributed by atoms with Crippen LogP contribution < -0.4 is 10.1 Å². The molecule has 0 aromatic heterocycles. The molecule has 1 heterocycles. The number of amides is 1. The van der Waals surface area contributed by atoms with Crippen molar-refractivity contribution in [2.75, 3.05) is 52.9 Å². The molecule has 1 aliphatic heterocycles. The molecule has 1 fully saturated rings. The minimum atomic E-state index is -0.465. The van der Waals surface area contributed by atoms with Gasteiger partial charge >= 0.3 is 6.09 Å². The Morgan fingerprint density at radius 3 is 2.38 bits per heavy atom. The maximum Gasteiger partial charge on any atom is 0.407 e. The Kier molecular flexibility index (Phi) is 7.72. The summed E-state index contributed by atoms with van der Waals surface area (Å²) in [5.41, 5.74) is 0.695. The van der Waals surface area contributed by atoms with Gasteiger partial charge in [-0.25, -0.2) is 4.79 Å². The Morgan fingerprint density at radius 1 is 1.12 bits per heavy atom. The van der Waals surface area contributed by atoms with E-state index in [1.807, 2.05) is 45.0 Å². The predicted octanol–water partition coefficient (Wildman–Crippen LogP) is 2.38. The van der Waals surface area contributed by atoms with Crippen LogP contribution in [0.15, 0.2) is 24.3 Å². The van der Waals surface area contributed by atoms with Gasteiger partial charge in [0.05, 0.1) is 0 Å². The zero-order chi connectivity index (χ0) is 19.0. The number of piperazine rings is 1. The first-order valence-electron chi connectivity index (χ1n) is 9.41. The van der Waals surface area contributed by atoms with Crippen LogP contribution in [0.2, 0.25) is 0 Å². The molecule has 1 aliphatic rings. The first kappa shape index (κ1) is 20.5. The predicted molar refractivity (Wildman–Crippen MR) is 104 cm³/mol. The maximum atomic E-state index is 11.6. The fourth-order valence-electron chi connectivity index (χ4n) is 2.74. The van der Waals surface area contributed by atoms with Gasteiger partial charge in [0.15, 0.2) is 0 Å². The Morgan fingerprint density at radius 2 is 1.77 bits per heavy atom. The summed E-state index contributed by atoms with van der Waals surface area (Å²) in [7, 11) is 2.17. The molecule has 1 saturated heterocycles. The van der Waals surface area contributed by atoms with Crippen LogP contribution in [0.25, 0.3) is 0 Å². The van der Waals surface area contributed by atoms with Gasteiger partial charge in [-0.3, -0.25) is 4.90 Å². The van der Waals surface area contributed by atoms with E-state index < -0.39 is 5.60 Å². The molecule has 2 rings (SSSR count). The summed E-state index contributed by atoms with van der Waals surface area (Å²) in [6, 6.07) is 8.07. The molecule has 0 saturated carbocycles. The number of alkyl carbamates (subject to hydrolysis) is 1. The summed E-state index contributed by atoms with van der Waals surface area (Å²) in [6.45, 7) is 12.3. The number of carbonyl (C=O) groups is 1. The minimum Gasteiger partial charge on any atom is -0.492 e. The van der Waals surface area contributed by atoms with Crippen LogP contribution in [-0.4, -0.2) is 74.4 Å². The second-order valence-corrected chi connectivity index (χ2v) is 7.82. The molecule has 1 amide bonds. The molecule has 6 heteroatoms. The number of rotatable bonds is 7. The summed E-state index contributed by atoms with van der Waals surface area (Å²) < 4.78 is 11.1. The summed E-state index contributed by atoms with van der Waals surface area (Å²) >= 11 is 0. The van der Waals surface area contributed by atoms with Crippen LogP contribution in [0, 0.1) is 0 Å². The number of nitrogens with zero attached hydrogens (tertiary/aromatic N) is 2. The average molecular weight is 364 g/mol. The van der Waals surface area contributed by atoms with E-state index in [1.165, 1.54) is 0 Å². The standard InChI is InChI=1S/C20H33N3O3/c1-20(2,3)26-19(24)21-10-9-17-5-7-18(8-6-17)25-16-15-23-13-11-22(4)12-14-23/h5-8H,9-16H2,1-4H3,(H,21,24). The van der Waals surface area contributed by atoms with Crippen LogP contribution in [0.4, 0.5) is 4.79 Å². The quantitative estimate of drug-likeness (QED) is 0.806. The zero-order valence-electron chi connectivity index (χ0n) is 16.6. The van der Waals surface area contributed by atoms with Gasteiger partial charge in [0.25, 0.3) is 0 Å². The van der Waals surface area contributed by atoms with Crippen molar-refractivity contribution in [2.24, 2.45) is 0 Å². The molecular formula is C20H33N3O3. The first-order chi connectivity index (χ1) is 12.3. The lowest BCUT2D eigenvalue weighted by Crippen LogP contribution is -2.45. The number of nitrogens with one attached hydrogen (secondary N) is 1. The molecule has 1 aromatic carbocycles. The molecule has 0 spiro atoms. The number of benzene rings is 1. The van der Waals surface area contributed by atoms with Crippen LogP contribution in [-0.2, 0) is 11.2 Å². The fraction of sp³-hybridized carbons (Fsp3) is 0.650. The van der Waals surface area contributed by atoms with Gasteiger partial charge < -0.3 is 19.7 Å². The molecule has 1 N–H and O–H groups in total. The molecule has 0 aliphatic carbocycles. The van der Waals surface area contributed by atoms with Gasteiger partial charge in [-0.1, -0.05) is 12.1 Å². The van der Waals surface area contributed by atoms with E-state index in [0.717, 1.165) is 50.5 Å². The van der Waals surface area contributed by atoms with E-state index in [4.69, 9.17) is 9.47 Å². The van der Waals surface area contributed by atoms with E-state index in [2.05, 4.69) is 22.2 Å². The van der Waals surface area contributed by atoms with E-state index in [1.54, 1.807) is 0 Å². The van der Waals surface area contributed by atoms with Crippen molar-refractivity contribution in [3.63, 3.8) is 0 Å². The Bertz CT molecular complexity index is 546. The van der Waals surface area contributed by atoms with E-state index in [0.29, 0.717) is 13.2 Å². The van der Waals surface area contributed by atoms with Crippen LogP contribution in [0.5, 0.6) is 5.75 Å². The van der Waals surface area contributed by atoms with Crippen LogP contribution in [0.1, 0.15) is 26.3 Å². The van der Waals surface area contributed by atoms with Gasteiger partial charge in [-0.05, 0) is 51.9 Å². The summed E-state index contributed by atoms with van der Waals surface area (Å²) in [5, 5.41) is 2.77. The molecule has 26 heavy (non-hydrogen) atoms. The van der Waals surface area contributed by atoms with E-state index in [-0.39, 0.29) is 6.09 Å². The largest absolute Gasteiger partial charge is 0.492 e. The summed E-state index contributed by atoms with van der Waals surface area (Å²) in [4.78, 5) is 16.4. The Balaban J connectivity index is 1.62. The van der Waals surface area contributed by atoms with Gasteiger partial charge in [0, 0.05) is 39.3 Å². The van der Waals surface area contributed by atoms with Crippen LogP contribution in [0.3, 0.4) is 0 Å². The fourth-order valence-corrected chi connectivity index (χ4v) is 2.74. The van der Waals surface area contributed by atoms with Gasteiger partial charge in [-0.2, -0.15) is 0 Å². The Labute approximate surface area is 157 Å². The minimum absolute atomic E-state index is 0.374. The molecule has 1 aromatic rings. The molecular weight excluding hydrogens is 330 g/mol.